The van der Waals surface area contributed by atoms with E-state index in [1.165, 1.54) is 32.3 Å². The Morgan fingerprint density at radius 1 is 0.510 bits per heavy atom. The Balaban J connectivity index is 1.05. The van der Waals surface area contributed by atoms with Crippen molar-refractivity contribution in [2.45, 2.75) is 29.3 Å². The first-order valence-corrected chi connectivity index (χ1v) is 20.6. The van der Waals surface area contributed by atoms with Gasteiger partial charge >= 0.3 is 0 Å². The molecule has 0 aromatic heterocycles. The van der Waals surface area contributed by atoms with Crippen molar-refractivity contribution >= 4 is 42.5 Å². The van der Waals surface area contributed by atoms with Gasteiger partial charge in [0.15, 0.2) is 18.2 Å². The molecule has 49 heavy (non-hydrogen) atoms. The van der Waals surface area contributed by atoms with Gasteiger partial charge in [0, 0.05) is 35.9 Å². The maximum Gasteiger partial charge on any atom is 0.167 e. The lowest BCUT2D eigenvalue weighted by molar-refractivity contribution is 0.296. The zero-order valence-electron chi connectivity index (χ0n) is 27.6. The van der Waals surface area contributed by atoms with Crippen LogP contribution in [0.2, 0.25) is 0 Å². The van der Waals surface area contributed by atoms with Crippen molar-refractivity contribution in [1.82, 2.24) is 10.6 Å². The second kappa shape index (κ2) is 13.3. The number of nitrogens with one attached hydrogen (secondary N) is 2. The van der Waals surface area contributed by atoms with Crippen molar-refractivity contribution in [3.63, 3.8) is 0 Å². The van der Waals surface area contributed by atoms with Gasteiger partial charge in [-0.3, -0.25) is 0 Å². The first-order valence-electron chi connectivity index (χ1n) is 17.6. The summed E-state index contributed by atoms with van der Waals surface area (Å²) in [6.45, 7) is 1.86. The molecule has 3 aliphatic carbocycles. The van der Waals surface area contributed by atoms with Gasteiger partial charge in [-0.25, -0.2) is 0 Å². The molecule has 6 aromatic carbocycles. The van der Waals surface area contributed by atoms with Gasteiger partial charge in [0.1, 0.15) is 5.80 Å². The minimum absolute atomic E-state index is 0.0930. The van der Waals surface area contributed by atoms with E-state index in [1.807, 2.05) is 0 Å². The Morgan fingerprint density at radius 3 is 1.45 bits per heavy atom. The average molecular weight is 672 g/mol. The molecule has 240 valence electrons. The largest absolute Gasteiger partial charge is 0.311 e. The average Bonchev–Trinajstić information content (AvgIpc) is 3.36. The highest BCUT2D eigenvalue weighted by Gasteiger charge is 2.73. The molecule has 5 atom stereocenters. The highest BCUT2D eigenvalue weighted by atomic mass is 31.1. The molecule has 0 heterocycles. The summed E-state index contributed by atoms with van der Waals surface area (Å²) in [6.07, 6.45) is 1.12. The monoisotopic (exact) mass is 671 g/mol. The Hall–Kier alpha value is -4.16. The molecular formula is C45H41N2P2+. The fraction of sp³-hybridized carbons (Fsp3) is 0.178. The predicted molar refractivity (Wildman–Crippen MR) is 212 cm³/mol. The first kappa shape index (κ1) is 30.9. The van der Waals surface area contributed by atoms with E-state index in [4.69, 9.17) is 0 Å². The van der Waals surface area contributed by atoms with E-state index in [1.54, 1.807) is 11.1 Å². The molecule has 3 unspecified atom stereocenters. The van der Waals surface area contributed by atoms with Gasteiger partial charge in [-0.05, 0) is 71.2 Å². The van der Waals surface area contributed by atoms with Gasteiger partial charge in [-0.2, -0.15) is 0 Å². The smallest absolute Gasteiger partial charge is 0.167 e. The van der Waals surface area contributed by atoms with Crippen LogP contribution in [0.15, 0.2) is 170 Å². The molecule has 1 fully saturated rings. The summed E-state index contributed by atoms with van der Waals surface area (Å²) in [6, 6.07) is 63.7. The Bertz CT molecular complexity index is 2000. The maximum absolute atomic E-state index is 4.25. The van der Waals surface area contributed by atoms with Crippen LogP contribution >= 0.6 is 15.5 Å². The van der Waals surface area contributed by atoms with E-state index in [0.717, 1.165) is 19.3 Å². The third-order valence-corrected chi connectivity index (χ3v) is 15.9. The van der Waals surface area contributed by atoms with Crippen LogP contribution in [0.25, 0.3) is 0 Å². The van der Waals surface area contributed by atoms with Gasteiger partial charge in [0.2, 0.25) is 0 Å². The third kappa shape index (κ3) is 5.17. The zero-order valence-corrected chi connectivity index (χ0v) is 29.4. The SMILES string of the molecule is C(CN[C@@H]1C2c3ccccc3C23c2ccccc2C3[C@H]1NCCP(c1ccccc1)c1ccccc1)=[P+](c1ccccc1)c1ccccc1. The molecule has 0 aliphatic heterocycles. The van der Waals surface area contributed by atoms with Crippen LogP contribution < -0.4 is 31.9 Å². The molecule has 1 spiro atoms. The second-order valence-electron chi connectivity index (χ2n) is 13.5. The quantitative estimate of drug-likeness (QED) is 0.143. The number of rotatable bonds is 11. The summed E-state index contributed by atoms with van der Waals surface area (Å²) in [5.41, 5.74) is 6.27. The van der Waals surface area contributed by atoms with Gasteiger partial charge < -0.3 is 10.6 Å². The van der Waals surface area contributed by atoms with Crippen molar-refractivity contribution in [2.75, 3.05) is 19.3 Å². The van der Waals surface area contributed by atoms with E-state index in [9.17, 15) is 0 Å². The van der Waals surface area contributed by atoms with Gasteiger partial charge in [0.25, 0.3) is 0 Å². The highest BCUT2D eigenvalue weighted by Crippen LogP contribution is 2.75. The van der Waals surface area contributed by atoms with Gasteiger partial charge in [0.05, 0.1) is 6.54 Å². The topological polar surface area (TPSA) is 24.1 Å². The minimum atomic E-state index is -0.577. The number of benzene rings is 6. The zero-order chi connectivity index (χ0) is 32.6. The van der Waals surface area contributed by atoms with Crippen LogP contribution in [0.1, 0.15) is 34.1 Å². The fourth-order valence-corrected chi connectivity index (χ4v) is 13.5. The highest BCUT2D eigenvalue weighted by molar-refractivity contribution is 7.73. The summed E-state index contributed by atoms with van der Waals surface area (Å²) < 4.78 is 0. The Labute approximate surface area is 292 Å². The lowest BCUT2D eigenvalue weighted by atomic mass is 9.43. The molecule has 2 nitrogen and oxygen atoms in total. The molecule has 2 N–H and O–H groups in total. The lowest BCUT2D eigenvalue weighted by Gasteiger charge is -2.59. The number of hydrogen-bond acceptors (Lipinski definition) is 2. The van der Waals surface area contributed by atoms with E-state index in [-0.39, 0.29) is 5.41 Å². The van der Waals surface area contributed by atoms with E-state index in [0.29, 0.717) is 23.9 Å². The molecule has 0 saturated heterocycles. The Kier molecular flexibility index (Phi) is 8.36. The van der Waals surface area contributed by atoms with Crippen molar-refractivity contribution in [2.24, 2.45) is 0 Å². The minimum Gasteiger partial charge on any atom is -0.311 e. The number of fused-ring (bicyclic) bond motifs is 4. The molecule has 3 aliphatic rings. The molecule has 4 heteroatoms. The van der Waals surface area contributed by atoms with Crippen molar-refractivity contribution in [1.29, 1.82) is 0 Å². The van der Waals surface area contributed by atoms with Gasteiger partial charge in [-0.1, -0.05) is 146 Å². The van der Waals surface area contributed by atoms with Crippen LogP contribution in [0.5, 0.6) is 0 Å². The van der Waals surface area contributed by atoms with E-state index in [2.05, 4.69) is 186 Å². The molecule has 6 aromatic rings. The molecule has 0 amide bonds. The summed E-state index contributed by atoms with van der Waals surface area (Å²) in [5.74, 6) is 3.48. The Morgan fingerprint density at radius 2 is 0.939 bits per heavy atom. The predicted octanol–water partition coefficient (Wildman–Crippen LogP) is 7.17. The van der Waals surface area contributed by atoms with Crippen LogP contribution in [-0.2, 0) is 5.41 Å². The molecule has 9 rings (SSSR count). The van der Waals surface area contributed by atoms with Crippen molar-refractivity contribution < 1.29 is 0 Å². The van der Waals surface area contributed by atoms with Crippen molar-refractivity contribution in [3.05, 3.63) is 192 Å². The molecule has 0 bridgehead atoms. The summed E-state index contributed by atoms with van der Waals surface area (Å²) in [4.78, 5) is 0. The molecule has 0 radical (unpaired) electrons. The summed E-state index contributed by atoms with van der Waals surface area (Å²) in [7, 11) is -1.03. The van der Waals surface area contributed by atoms with E-state index >= 15 is 0 Å². The third-order valence-electron chi connectivity index (χ3n) is 11.1. The van der Waals surface area contributed by atoms with Crippen LogP contribution in [0.4, 0.5) is 0 Å². The van der Waals surface area contributed by atoms with Crippen LogP contribution in [0.3, 0.4) is 0 Å². The first-order chi connectivity index (χ1) is 24.4. The lowest BCUT2D eigenvalue weighted by Crippen LogP contribution is -2.54. The summed E-state index contributed by atoms with van der Waals surface area (Å²) >= 11 is 0. The fourth-order valence-electron chi connectivity index (χ4n) is 9.27. The molecular weight excluding hydrogens is 630 g/mol. The van der Waals surface area contributed by atoms with Crippen molar-refractivity contribution in [3.8, 4) is 0 Å². The van der Waals surface area contributed by atoms with E-state index < -0.39 is 15.5 Å². The standard InChI is InChI=1S/C45H41N2P2/c1-5-17-33(18-6-1)48(34-19-7-2-8-20-34)31-29-46-43-41-37-25-13-15-27-39(37)45(41)40-28-16-14-26-38(40)42(45)44(43)47-30-32-49(35-21-9-3-10-22-35)36-23-11-4-12-24-36/h1-28,31,41-44,46-47H,29-30,32H2/q+1/t41?,42?,43-,44-,45?/m1/s1. The van der Waals surface area contributed by atoms with Crippen LogP contribution in [0, 0.1) is 0 Å². The second-order valence-corrected chi connectivity index (χ2v) is 17.9. The van der Waals surface area contributed by atoms with Crippen LogP contribution in [-0.4, -0.2) is 37.1 Å². The summed E-state index contributed by atoms with van der Waals surface area (Å²) in [5, 5.41) is 14.2. The maximum atomic E-state index is 4.25. The number of hydrogen-bond donors (Lipinski definition) is 2. The normalized spacial score (nSPS) is 22.6. The van der Waals surface area contributed by atoms with Gasteiger partial charge in [-0.15, -0.1) is 0 Å². The molecule has 1 saturated carbocycles.